The third-order valence-corrected chi connectivity index (χ3v) is 3.63. The third-order valence-electron chi connectivity index (χ3n) is 2.89. The fraction of sp³-hybridized carbons (Fsp3) is 0.308. The lowest BCUT2D eigenvalue weighted by Crippen LogP contribution is -2.03. The number of aliphatic hydroxyl groups is 1. The first-order chi connectivity index (χ1) is 8.58. The Kier molecular flexibility index (Phi) is 4.27. The second-order valence-corrected chi connectivity index (χ2v) is 5.00. The van der Waals surface area contributed by atoms with Crippen LogP contribution in [0.1, 0.15) is 23.9 Å². The van der Waals surface area contributed by atoms with E-state index >= 15 is 0 Å². The Morgan fingerprint density at radius 1 is 1.33 bits per heavy atom. The normalized spacial score (nSPS) is 12.7. The lowest BCUT2D eigenvalue weighted by Gasteiger charge is -2.11. The zero-order valence-corrected chi connectivity index (χ0v) is 11.5. The van der Waals surface area contributed by atoms with Gasteiger partial charge < -0.3 is 9.67 Å². The molecule has 2 rings (SSSR count). The SMILES string of the molecule is Cn1ccnc1CCC(O)c1ccc(Cl)c(Cl)c1. The van der Waals surface area contributed by atoms with Crippen molar-refractivity contribution in [1.82, 2.24) is 9.55 Å². The molecule has 1 aromatic heterocycles. The first-order valence-corrected chi connectivity index (χ1v) is 6.42. The summed E-state index contributed by atoms with van der Waals surface area (Å²) in [6.45, 7) is 0. The number of rotatable bonds is 4. The topological polar surface area (TPSA) is 38.0 Å². The van der Waals surface area contributed by atoms with E-state index in [1.807, 2.05) is 17.8 Å². The van der Waals surface area contributed by atoms with Gasteiger partial charge in [0.05, 0.1) is 16.1 Å². The van der Waals surface area contributed by atoms with Gasteiger partial charge >= 0.3 is 0 Å². The molecule has 1 heterocycles. The number of hydrogen-bond acceptors (Lipinski definition) is 2. The van der Waals surface area contributed by atoms with Gasteiger partial charge in [0.2, 0.25) is 0 Å². The van der Waals surface area contributed by atoms with Crippen LogP contribution in [-0.4, -0.2) is 14.7 Å². The number of hydrogen-bond donors (Lipinski definition) is 1. The van der Waals surface area contributed by atoms with E-state index in [4.69, 9.17) is 23.2 Å². The van der Waals surface area contributed by atoms with Crippen molar-refractivity contribution in [2.75, 3.05) is 0 Å². The second-order valence-electron chi connectivity index (χ2n) is 4.18. The molecule has 0 aliphatic rings. The van der Waals surface area contributed by atoms with E-state index in [0.717, 1.165) is 11.4 Å². The smallest absolute Gasteiger partial charge is 0.108 e. The highest BCUT2D eigenvalue weighted by atomic mass is 35.5. The van der Waals surface area contributed by atoms with Gasteiger partial charge in [0.25, 0.3) is 0 Å². The van der Waals surface area contributed by atoms with Crippen molar-refractivity contribution in [3.63, 3.8) is 0 Å². The van der Waals surface area contributed by atoms with Gasteiger partial charge in [0.15, 0.2) is 0 Å². The van der Waals surface area contributed by atoms with E-state index in [1.54, 1.807) is 24.4 Å². The van der Waals surface area contributed by atoms with Gasteiger partial charge in [-0.15, -0.1) is 0 Å². The van der Waals surface area contributed by atoms with Crippen LogP contribution >= 0.6 is 23.2 Å². The monoisotopic (exact) mass is 284 g/mol. The molecule has 5 heteroatoms. The minimum atomic E-state index is -0.559. The highest BCUT2D eigenvalue weighted by Gasteiger charge is 2.11. The van der Waals surface area contributed by atoms with Crippen LogP contribution in [0.25, 0.3) is 0 Å². The third kappa shape index (κ3) is 3.05. The largest absolute Gasteiger partial charge is 0.388 e. The van der Waals surface area contributed by atoms with Crippen molar-refractivity contribution in [1.29, 1.82) is 0 Å². The fourth-order valence-corrected chi connectivity index (χ4v) is 2.10. The van der Waals surface area contributed by atoms with Crippen LogP contribution in [0.2, 0.25) is 10.0 Å². The van der Waals surface area contributed by atoms with Gasteiger partial charge in [-0.25, -0.2) is 4.98 Å². The minimum absolute atomic E-state index is 0.463. The molecular formula is C13H14Cl2N2O. The number of aromatic nitrogens is 2. The van der Waals surface area contributed by atoms with Crippen LogP contribution in [0.3, 0.4) is 0 Å². The minimum Gasteiger partial charge on any atom is -0.388 e. The number of imidazole rings is 1. The summed E-state index contributed by atoms with van der Waals surface area (Å²) in [5.74, 6) is 0.953. The Bertz CT molecular complexity index is 540. The van der Waals surface area contributed by atoms with E-state index in [-0.39, 0.29) is 0 Å². The molecule has 0 aliphatic carbocycles. The lowest BCUT2D eigenvalue weighted by atomic mass is 10.0. The molecule has 0 spiro atoms. The first kappa shape index (κ1) is 13.4. The molecule has 1 unspecified atom stereocenters. The van der Waals surface area contributed by atoms with E-state index < -0.39 is 6.10 Å². The van der Waals surface area contributed by atoms with E-state index in [2.05, 4.69) is 4.98 Å². The summed E-state index contributed by atoms with van der Waals surface area (Å²) in [5.41, 5.74) is 0.776. The molecule has 0 fully saturated rings. The van der Waals surface area contributed by atoms with Gasteiger partial charge in [-0.2, -0.15) is 0 Å². The Hall–Kier alpha value is -1.03. The Morgan fingerprint density at radius 3 is 2.72 bits per heavy atom. The number of aliphatic hydroxyl groups excluding tert-OH is 1. The summed E-state index contributed by atoms with van der Waals surface area (Å²) >= 11 is 11.8. The quantitative estimate of drug-likeness (QED) is 0.935. The fourth-order valence-electron chi connectivity index (χ4n) is 1.79. The molecule has 96 valence electrons. The standard InChI is InChI=1S/C13H14Cl2N2O/c1-17-7-6-16-13(17)5-4-12(18)9-2-3-10(14)11(15)8-9/h2-3,6-8,12,18H,4-5H2,1H3. The lowest BCUT2D eigenvalue weighted by molar-refractivity contribution is 0.167. The van der Waals surface area contributed by atoms with Crippen molar-refractivity contribution in [3.05, 3.63) is 52.0 Å². The molecular weight excluding hydrogens is 271 g/mol. The summed E-state index contributed by atoms with van der Waals surface area (Å²) in [5, 5.41) is 11.0. The van der Waals surface area contributed by atoms with Gasteiger partial charge in [0, 0.05) is 25.9 Å². The number of aryl methyl sites for hydroxylation is 2. The molecule has 1 atom stereocenters. The van der Waals surface area contributed by atoms with E-state index in [0.29, 0.717) is 22.9 Å². The maximum absolute atomic E-state index is 10.1. The molecule has 0 aliphatic heterocycles. The summed E-state index contributed by atoms with van der Waals surface area (Å²) in [6.07, 6.45) is 4.40. The molecule has 0 bridgehead atoms. The van der Waals surface area contributed by atoms with Crippen molar-refractivity contribution >= 4 is 23.2 Å². The Morgan fingerprint density at radius 2 is 2.11 bits per heavy atom. The summed E-state index contributed by atoms with van der Waals surface area (Å²) in [4.78, 5) is 4.22. The molecule has 0 saturated heterocycles. The molecule has 2 aromatic rings. The van der Waals surface area contributed by atoms with Crippen molar-refractivity contribution < 1.29 is 5.11 Å². The van der Waals surface area contributed by atoms with Gasteiger partial charge in [-0.3, -0.25) is 0 Å². The van der Waals surface area contributed by atoms with Crippen molar-refractivity contribution in [3.8, 4) is 0 Å². The number of halogens is 2. The van der Waals surface area contributed by atoms with Crippen LogP contribution in [0.4, 0.5) is 0 Å². The average molecular weight is 285 g/mol. The van der Waals surface area contributed by atoms with Crippen LogP contribution < -0.4 is 0 Å². The van der Waals surface area contributed by atoms with Crippen LogP contribution in [0.5, 0.6) is 0 Å². The summed E-state index contributed by atoms with van der Waals surface area (Å²) in [6, 6.07) is 5.19. The van der Waals surface area contributed by atoms with Crippen molar-refractivity contribution in [2.24, 2.45) is 7.05 Å². The number of nitrogens with zero attached hydrogens (tertiary/aromatic N) is 2. The molecule has 1 N–H and O–H groups in total. The van der Waals surface area contributed by atoms with Gasteiger partial charge in [-0.05, 0) is 24.1 Å². The van der Waals surface area contributed by atoms with Crippen LogP contribution in [-0.2, 0) is 13.5 Å². The molecule has 0 saturated carbocycles. The predicted octanol–water partition coefficient (Wildman–Crippen LogP) is 3.39. The maximum Gasteiger partial charge on any atom is 0.108 e. The van der Waals surface area contributed by atoms with E-state index in [1.165, 1.54) is 0 Å². The van der Waals surface area contributed by atoms with Crippen LogP contribution in [0.15, 0.2) is 30.6 Å². The highest BCUT2D eigenvalue weighted by Crippen LogP contribution is 2.27. The van der Waals surface area contributed by atoms with E-state index in [9.17, 15) is 5.11 Å². The molecule has 1 aromatic carbocycles. The van der Waals surface area contributed by atoms with Gasteiger partial charge in [0.1, 0.15) is 5.82 Å². The second kappa shape index (κ2) is 5.74. The Balaban J connectivity index is 2.01. The number of benzene rings is 1. The maximum atomic E-state index is 10.1. The summed E-state index contributed by atoms with van der Waals surface area (Å²) < 4.78 is 1.95. The predicted molar refractivity (Wildman–Crippen MR) is 73.0 cm³/mol. The molecule has 18 heavy (non-hydrogen) atoms. The van der Waals surface area contributed by atoms with Crippen LogP contribution in [0, 0.1) is 0 Å². The Labute approximate surface area is 116 Å². The zero-order valence-electron chi connectivity index (χ0n) is 9.98. The first-order valence-electron chi connectivity index (χ1n) is 5.67. The zero-order chi connectivity index (χ0) is 13.1. The molecule has 0 amide bonds. The average Bonchev–Trinajstić information content (AvgIpc) is 2.75. The molecule has 0 radical (unpaired) electrons. The highest BCUT2D eigenvalue weighted by molar-refractivity contribution is 6.42. The van der Waals surface area contributed by atoms with Gasteiger partial charge in [-0.1, -0.05) is 29.3 Å². The summed E-state index contributed by atoms with van der Waals surface area (Å²) in [7, 11) is 1.94. The molecule has 3 nitrogen and oxygen atoms in total. The van der Waals surface area contributed by atoms with Crippen molar-refractivity contribution in [2.45, 2.75) is 18.9 Å².